The summed E-state index contributed by atoms with van der Waals surface area (Å²) in [6.45, 7) is 11.5. The third-order valence-corrected chi connectivity index (χ3v) is 3.10. The van der Waals surface area contributed by atoms with Gasteiger partial charge in [0.1, 0.15) is 0 Å². The zero-order valence-electron chi connectivity index (χ0n) is 12.2. The molecule has 0 aliphatic heterocycles. The predicted molar refractivity (Wildman–Crippen MR) is 76.3 cm³/mol. The van der Waals surface area contributed by atoms with E-state index in [4.69, 9.17) is 5.73 Å². The molecule has 0 saturated heterocycles. The maximum Gasteiger partial charge on any atom is 0.188 e. The monoisotopic (exact) mass is 242 g/mol. The van der Waals surface area contributed by atoms with E-state index in [1.165, 1.54) is 6.42 Å². The van der Waals surface area contributed by atoms with Crippen LogP contribution in [0.15, 0.2) is 4.99 Å². The molecular formula is C13H30N4. The molecule has 17 heavy (non-hydrogen) atoms. The average molecular weight is 242 g/mol. The number of guanidine groups is 1. The number of nitrogens with one attached hydrogen (secondary N) is 1. The number of nitrogens with two attached hydrogens (primary N) is 1. The molecule has 0 aromatic carbocycles. The van der Waals surface area contributed by atoms with Gasteiger partial charge in [0.15, 0.2) is 5.96 Å². The lowest BCUT2D eigenvalue weighted by Crippen LogP contribution is -2.40. The summed E-state index contributed by atoms with van der Waals surface area (Å²) in [7, 11) is 2.14. The fraction of sp³-hybridized carbons (Fsp3) is 0.923. The largest absolute Gasteiger partial charge is 0.370 e. The predicted octanol–water partition coefficient (Wildman–Crippen LogP) is 1.67. The van der Waals surface area contributed by atoms with Crippen molar-refractivity contribution in [3.8, 4) is 0 Å². The maximum atomic E-state index is 5.78. The standard InChI is InChI=1S/C13H30N4/c1-6-12(4)17(5)10-9-16-13(14)15-8-7-11(2)3/h11-12H,6-10H2,1-5H3,(H3,14,15,16). The second-order valence-electron chi connectivity index (χ2n) is 5.11. The molecule has 0 rings (SSSR count). The van der Waals surface area contributed by atoms with E-state index in [-0.39, 0.29) is 0 Å². The Kier molecular flexibility index (Phi) is 8.86. The van der Waals surface area contributed by atoms with E-state index < -0.39 is 0 Å². The lowest BCUT2D eigenvalue weighted by molar-refractivity contribution is 0.256. The Morgan fingerprint density at radius 1 is 1.35 bits per heavy atom. The Morgan fingerprint density at radius 2 is 2.00 bits per heavy atom. The fourth-order valence-corrected chi connectivity index (χ4v) is 1.39. The van der Waals surface area contributed by atoms with Gasteiger partial charge < -0.3 is 16.0 Å². The molecule has 0 saturated carbocycles. The number of nitrogens with zero attached hydrogens (tertiary/aromatic N) is 2. The first-order valence-electron chi connectivity index (χ1n) is 6.71. The minimum Gasteiger partial charge on any atom is -0.370 e. The van der Waals surface area contributed by atoms with Gasteiger partial charge in [0.2, 0.25) is 0 Å². The van der Waals surface area contributed by atoms with Gasteiger partial charge in [0, 0.05) is 25.7 Å². The normalized spacial score (nSPS) is 14.4. The Morgan fingerprint density at radius 3 is 2.53 bits per heavy atom. The summed E-state index contributed by atoms with van der Waals surface area (Å²) in [5.41, 5.74) is 5.78. The summed E-state index contributed by atoms with van der Waals surface area (Å²) >= 11 is 0. The Hall–Kier alpha value is -0.770. The van der Waals surface area contributed by atoms with Crippen molar-refractivity contribution in [2.24, 2.45) is 16.6 Å². The lowest BCUT2D eigenvalue weighted by atomic mass is 10.1. The lowest BCUT2D eigenvalue weighted by Gasteiger charge is -2.23. The topological polar surface area (TPSA) is 53.6 Å². The van der Waals surface area contributed by atoms with E-state index in [1.54, 1.807) is 0 Å². The van der Waals surface area contributed by atoms with Crippen LogP contribution in [0.5, 0.6) is 0 Å². The third-order valence-electron chi connectivity index (χ3n) is 3.10. The molecule has 0 aliphatic rings. The molecule has 4 nitrogen and oxygen atoms in total. The Labute approximate surface area is 107 Å². The minimum absolute atomic E-state index is 0.572. The van der Waals surface area contributed by atoms with E-state index in [2.05, 4.69) is 50.0 Å². The van der Waals surface area contributed by atoms with Crippen LogP contribution in [0.2, 0.25) is 0 Å². The summed E-state index contributed by atoms with van der Waals surface area (Å²) in [6, 6.07) is 0.621. The van der Waals surface area contributed by atoms with Crippen LogP contribution in [0.3, 0.4) is 0 Å². The molecule has 1 atom stereocenters. The molecular weight excluding hydrogens is 212 g/mol. The number of hydrogen-bond acceptors (Lipinski definition) is 2. The van der Waals surface area contributed by atoms with E-state index in [9.17, 15) is 0 Å². The van der Waals surface area contributed by atoms with Crippen molar-refractivity contribution >= 4 is 5.96 Å². The zero-order valence-corrected chi connectivity index (χ0v) is 12.2. The highest BCUT2D eigenvalue weighted by Crippen LogP contribution is 1.99. The zero-order chi connectivity index (χ0) is 13.3. The van der Waals surface area contributed by atoms with Crippen molar-refractivity contribution in [3.05, 3.63) is 0 Å². The highest BCUT2D eigenvalue weighted by atomic mass is 15.2. The summed E-state index contributed by atoms with van der Waals surface area (Å²) < 4.78 is 0. The van der Waals surface area contributed by atoms with Gasteiger partial charge in [0.25, 0.3) is 0 Å². The van der Waals surface area contributed by atoms with E-state index in [1.807, 2.05) is 0 Å². The third kappa shape index (κ3) is 8.98. The van der Waals surface area contributed by atoms with Crippen molar-refractivity contribution in [1.82, 2.24) is 10.2 Å². The molecule has 0 aromatic rings. The second-order valence-corrected chi connectivity index (χ2v) is 5.11. The maximum absolute atomic E-state index is 5.78. The van der Waals surface area contributed by atoms with Crippen molar-refractivity contribution in [3.63, 3.8) is 0 Å². The van der Waals surface area contributed by atoms with Crippen LogP contribution in [-0.4, -0.2) is 43.6 Å². The molecule has 0 aromatic heterocycles. The van der Waals surface area contributed by atoms with Crippen LogP contribution < -0.4 is 11.1 Å². The van der Waals surface area contributed by atoms with E-state index in [0.717, 1.165) is 26.1 Å². The van der Waals surface area contributed by atoms with Crippen LogP contribution in [0.25, 0.3) is 0 Å². The van der Waals surface area contributed by atoms with Crippen LogP contribution in [0.4, 0.5) is 0 Å². The first-order chi connectivity index (χ1) is 7.97. The smallest absolute Gasteiger partial charge is 0.188 e. The highest BCUT2D eigenvalue weighted by Gasteiger charge is 2.05. The summed E-state index contributed by atoms with van der Waals surface area (Å²) in [5, 5.41) is 3.15. The molecule has 0 radical (unpaired) electrons. The average Bonchev–Trinajstić information content (AvgIpc) is 2.27. The van der Waals surface area contributed by atoms with E-state index >= 15 is 0 Å². The number of hydrogen-bond donors (Lipinski definition) is 2. The molecule has 1 unspecified atom stereocenters. The summed E-state index contributed by atoms with van der Waals surface area (Å²) in [4.78, 5) is 6.62. The van der Waals surface area contributed by atoms with Gasteiger partial charge in [-0.3, -0.25) is 4.99 Å². The molecule has 4 heteroatoms. The second kappa shape index (κ2) is 9.28. The Balaban J connectivity index is 3.66. The molecule has 0 heterocycles. The van der Waals surface area contributed by atoms with Gasteiger partial charge in [-0.2, -0.15) is 0 Å². The van der Waals surface area contributed by atoms with Gasteiger partial charge in [-0.1, -0.05) is 20.8 Å². The summed E-state index contributed by atoms with van der Waals surface area (Å²) in [6.07, 6.45) is 2.27. The molecule has 0 fully saturated rings. The first kappa shape index (κ1) is 16.2. The van der Waals surface area contributed by atoms with Crippen LogP contribution in [0, 0.1) is 5.92 Å². The van der Waals surface area contributed by atoms with Crippen molar-refractivity contribution < 1.29 is 0 Å². The summed E-state index contributed by atoms with van der Waals surface area (Å²) in [5.74, 6) is 1.26. The number of rotatable bonds is 8. The molecule has 0 amide bonds. The van der Waals surface area contributed by atoms with Crippen molar-refractivity contribution in [2.45, 2.75) is 46.6 Å². The van der Waals surface area contributed by atoms with Crippen molar-refractivity contribution in [1.29, 1.82) is 0 Å². The van der Waals surface area contributed by atoms with Gasteiger partial charge in [-0.05, 0) is 32.7 Å². The van der Waals surface area contributed by atoms with E-state index in [0.29, 0.717) is 17.9 Å². The van der Waals surface area contributed by atoms with Crippen LogP contribution in [0.1, 0.15) is 40.5 Å². The number of likely N-dealkylation sites (N-methyl/N-ethyl adjacent to an activating group) is 1. The highest BCUT2D eigenvalue weighted by molar-refractivity contribution is 5.77. The van der Waals surface area contributed by atoms with Gasteiger partial charge >= 0.3 is 0 Å². The first-order valence-corrected chi connectivity index (χ1v) is 6.71. The number of aliphatic imine (C=N–C) groups is 1. The fourth-order valence-electron chi connectivity index (χ4n) is 1.39. The van der Waals surface area contributed by atoms with Crippen LogP contribution >= 0.6 is 0 Å². The molecule has 0 spiro atoms. The molecule has 0 bridgehead atoms. The molecule has 102 valence electrons. The molecule has 3 N–H and O–H groups in total. The quantitative estimate of drug-likeness (QED) is 0.503. The minimum atomic E-state index is 0.572. The molecule has 0 aliphatic carbocycles. The van der Waals surface area contributed by atoms with Crippen molar-refractivity contribution in [2.75, 3.05) is 26.7 Å². The SMILES string of the molecule is CCC(C)N(C)CCNC(N)=NCCC(C)C. The van der Waals surface area contributed by atoms with Gasteiger partial charge in [-0.25, -0.2) is 0 Å². The van der Waals surface area contributed by atoms with Gasteiger partial charge in [0.05, 0.1) is 0 Å². The van der Waals surface area contributed by atoms with Crippen LogP contribution in [-0.2, 0) is 0 Å². The van der Waals surface area contributed by atoms with Gasteiger partial charge in [-0.15, -0.1) is 0 Å². The Bertz CT molecular complexity index is 213.